The molecule has 88 valence electrons. The van der Waals surface area contributed by atoms with Crippen molar-refractivity contribution >= 4 is 11.3 Å². The van der Waals surface area contributed by atoms with Crippen LogP contribution in [0.4, 0.5) is 0 Å². The molecule has 17 heavy (non-hydrogen) atoms. The van der Waals surface area contributed by atoms with Gasteiger partial charge in [-0.2, -0.15) is 0 Å². The van der Waals surface area contributed by atoms with Crippen LogP contribution in [0, 0.1) is 6.92 Å². The second-order valence-electron chi connectivity index (χ2n) is 4.80. The third-order valence-corrected chi connectivity index (χ3v) is 4.02. The normalized spacial score (nSPS) is 15.1. The highest BCUT2D eigenvalue weighted by atomic mass is 32.1. The highest BCUT2D eigenvalue weighted by molar-refractivity contribution is 7.10. The van der Waals surface area contributed by atoms with Gasteiger partial charge in [0.05, 0.1) is 0 Å². The minimum atomic E-state index is 0.780. The van der Waals surface area contributed by atoms with E-state index in [1.54, 1.807) is 0 Å². The fourth-order valence-corrected chi connectivity index (χ4v) is 2.72. The Hall–Kier alpha value is -1.12. The largest absolute Gasteiger partial charge is 0.310 e. The zero-order chi connectivity index (χ0) is 11.7. The van der Waals surface area contributed by atoms with Gasteiger partial charge in [0.25, 0.3) is 0 Å². The molecule has 2 heteroatoms. The zero-order valence-corrected chi connectivity index (χ0v) is 10.9. The third kappa shape index (κ3) is 2.76. The van der Waals surface area contributed by atoms with E-state index in [1.807, 2.05) is 11.3 Å². The molecule has 1 N–H and O–H groups in total. The molecule has 1 aromatic carbocycles. The average molecular weight is 243 g/mol. The lowest BCUT2D eigenvalue weighted by Gasteiger charge is -2.05. The first-order valence-corrected chi connectivity index (χ1v) is 7.07. The van der Waals surface area contributed by atoms with Crippen LogP contribution in [0.5, 0.6) is 0 Å². The van der Waals surface area contributed by atoms with Crippen molar-refractivity contribution in [3.63, 3.8) is 0 Å². The molecule has 1 aliphatic rings. The van der Waals surface area contributed by atoms with E-state index in [0.717, 1.165) is 12.6 Å². The van der Waals surface area contributed by atoms with Crippen LogP contribution in [0.3, 0.4) is 0 Å². The molecule has 1 heterocycles. The Bertz CT molecular complexity index is 511. The fourth-order valence-electron chi connectivity index (χ4n) is 2.01. The molecule has 0 amide bonds. The van der Waals surface area contributed by atoms with Crippen molar-refractivity contribution in [3.05, 3.63) is 46.2 Å². The predicted octanol–water partition coefficient (Wildman–Crippen LogP) is 3.98. The van der Waals surface area contributed by atoms with E-state index in [0.29, 0.717) is 0 Å². The molecular weight excluding hydrogens is 226 g/mol. The Morgan fingerprint density at radius 1 is 1.24 bits per heavy atom. The molecule has 0 spiro atoms. The Balaban J connectivity index is 1.77. The molecule has 1 fully saturated rings. The quantitative estimate of drug-likeness (QED) is 0.856. The van der Waals surface area contributed by atoms with Gasteiger partial charge in [0, 0.05) is 17.5 Å². The number of aryl methyl sites for hydroxylation is 1. The van der Waals surface area contributed by atoms with Crippen LogP contribution in [-0.4, -0.2) is 6.04 Å². The summed E-state index contributed by atoms with van der Waals surface area (Å²) in [7, 11) is 0. The third-order valence-electron chi connectivity index (χ3n) is 3.16. The molecule has 0 bridgehead atoms. The summed E-state index contributed by atoms with van der Waals surface area (Å²) in [5.41, 5.74) is 4.07. The lowest BCUT2D eigenvalue weighted by atomic mass is 10.1. The van der Waals surface area contributed by atoms with Crippen molar-refractivity contribution in [1.29, 1.82) is 0 Å². The Labute approximate surface area is 106 Å². The van der Waals surface area contributed by atoms with Crippen LogP contribution >= 0.6 is 11.3 Å². The summed E-state index contributed by atoms with van der Waals surface area (Å²) in [6.45, 7) is 3.16. The highest BCUT2D eigenvalue weighted by Gasteiger charge is 2.19. The Morgan fingerprint density at radius 2 is 2.12 bits per heavy atom. The average Bonchev–Trinajstić information content (AvgIpc) is 3.08. The van der Waals surface area contributed by atoms with E-state index < -0.39 is 0 Å². The summed E-state index contributed by atoms with van der Waals surface area (Å²) in [6, 6.07) is 11.9. The van der Waals surface area contributed by atoms with E-state index in [1.165, 1.54) is 34.4 Å². The molecule has 0 aliphatic heterocycles. The van der Waals surface area contributed by atoms with Crippen molar-refractivity contribution in [3.8, 4) is 11.1 Å². The number of rotatable bonds is 4. The van der Waals surface area contributed by atoms with Crippen LogP contribution in [-0.2, 0) is 6.54 Å². The Morgan fingerprint density at radius 3 is 2.82 bits per heavy atom. The van der Waals surface area contributed by atoms with Gasteiger partial charge in [-0.15, -0.1) is 11.3 Å². The van der Waals surface area contributed by atoms with Gasteiger partial charge in [-0.3, -0.25) is 0 Å². The summed E-state index contributed by atoms with van der Waals surface area (Å²) < 4.78 is 0. The van der Waals surface area contributed by atoms with E-state index in [4.69, 9.17) is 0 Å². The van der Waals surface area contributed by atoms with Gasteiger partial charge in [0.1, 0.15) is 0 Å². The monoisotopic (exact) mass is 243 g/mol. The van der Waals surface area contributed by atoms with Crippen LogP contribution in [0.2, 0.25) is 0 Å². The topological polar surface area (TPSA) is 12.0 Å². The zero-order valence-electron chi connectivity index (χ0n) is 10.1. The summed E-state index contributed by atoms with van der Waals surface area (Å²) in [4.78, 5) is 1.38. The van der Waals surface area contributed by atoms with E-state index in [2.05, 4.69) is 48.0 Å². The molecule has 1 aliphatic carbocycles. The van der Waals surface area contributed by atoms with Crippen molar-refractivity contribution in [2.75, 3.05) is 0 Å². The lowest BCUT2D eigenvalue weighted by Crippen LogP contribution is -2.15. The highest BCUT2D eigenvalue weighted by Crippen LogP contribution is 2.26. The number of hydrogen-bond donors (Lipinski definition) is 1. The molecule has 2 aromatic rings. The molecule has 1 nitrogen and oxygen atoms in total. The smallest absolute Gasteiger partial charge is 0.0208 e. The summed E-state index contributed by atoms with van der Waals surface area (Å²) in [5.74, 6) is 0. The summed E-state index contributed by atoms with van der Waals surface area (Å²) in [5, 5.41) is 5.80. The molecule has 0 saturated heterocycles. The fraction of sp³-hybridized carbons (Fsp3) is 0.333. The van der Waals surface area contributed by atoms with Gasteiger partial charge in [0.15, 0.2) is 0 Å². The van der Waals surface area contributed by atoms with Crippen LogP contribution in [0.1, 0.15) is 23.3 Å². The lowest BCUT2D eigenvalue weighted by molar-refractivity contribution is 0.688. The second-order valence-corrected chi connectivity index (χ2v) is 5.92. The number of thiophene rings is 1. The van der Waals surface area contributed by atoms with Crippen molar-refractivity contribution in [2.24, 2.45) is 0 Å². The van der Waals surface area contributed by atoms with Crippen LogP contribution in [0.25, 0.3) is 11.1 Å². The predicted molar refractivity (Wildman–Crippen MR) is 74.4 cm³/mol. The van der Waals surface area contributed by atoms with Gasteiger partial charge >= 0.3 is 0 Å². The van der Waals surface area contributed by atoms with Gasteiger partial charge in [-0.05, 0) is 54.0 Å². The van der Waals surface area contributed by atoms with Gasteiger partial charge in [-0.25, -0.2) is 0 Å². The Kier molecular flexibility index (Phi) is 3.00. The molecule has 3 rings (SSSR count). The molecule has 0 radical (unpaired) electrons. The molecule has 1 saturated carbocycles. The number of benzene rings is 1. The second kappa shape index (κ2) is 4.63. The maximum atomic E-state index is 3.56. The van der Waals surface area contributed by atoms with Crippen LogP contribution in [0.15, 0.2) is 35.7 Å². The van der Waals surface area contributed by atoms with E-state index in [-0.39, 0.29) is 0 Å². The summed E-state index contributed by atoms with van der Waals surface area (Å²) in [6.07, 6.45) is 2.70. The number of hydrogen-bond acceptors (Lipinski definition) is 2. The van der Waals surface area contributed by atoms with Gasteiger partial charge < -0.3 is 5.32 Å². The minimum Gasteiger partial charge on any atom is -0.310 e. The van der Waals surface area contributed by atoms with Gasteiger partial charge in [0.2, 0.25) is 0 Å². The van der Waals surface area contributed by atoms with E-state index in [9.17, 15) is 0 Å². The maximum absolute atomic E-state index is 3.56. The molecule has 0 unspecified atom stereocenters. The van der Waals surface area contributed by atoms with E-state index >= 15 is 0 Å². The first-order chi connectivity index (χ1) is 8.31. The van der Waals surface area contributed by atoms with Gasteiger partial charge in [-0.1, -0.05) is 18.2 Å². The molecule has 0 atom stereocenters. The molecular formula is C15H17NS. The number of nitrogens with one attached hydrogen (secondary N) is 1. The van der Waals surface area contributed by atoms with Crippen molar-refractivity contribution < 1.29 is 0 Å². The summed E-state index contributed by atoms with van der Waals surface area (Å²) >= 11 is 1.82. The molecule has 1 aromatic heterocycles. The minimum absolute atomic E-state index is 0.780. The first-order valence-electron chi connectivity index (χ1n) is 6.19. The standard InChI is InChI=1S/C15H17NS/c1-11-7-14(10-17-11)13-4-2-3-12(8-13)9-16-15-5-6-15/h2-4,7-8,10,15-16H,5-6,9H2,1H3. The van der Waals surface area contributed by atoms with Crippen molar-refractivity contribution in [2.45, 2.75) is 32.4 Å². The first kappa shape index (κ1) is 11.0. The van der Waals surface area contributed by atoms with Crippen LogP contribution < -0.4 is 5.32 Å². The van der Waals surface area contributed by atoms with Crippen molar-refractivity contribution in [1.82, 2.24) is 5.32 Å². The maximum Gasteiger partial charge on any atom is 0.0208 e. The SMILES string of the molecule is Cc1cc(-c2cccc(CNC3CC3)c2)cs1.